The van der Waals surface area contributed by atoms with Crippen molar-refractivity contribution in [1.82, 2.24) is 26.3 Å². The van der Waals surface area contributed by atoms with Gasteiger partial charge < -0.3 is 20.9 Å². The summed E-state index contributed by atoms with van der Waals surface area (Å²) >= 11 is 0. The number of carbonyl (C=O) groups excluding carboxylic acids is 4. The lowest BCUT2D eigenvalue weighted by Gasteiger charge is -2.26. The van der Waals surface area contributed by atoms with Crippen LogP contribution in [0.2, 0.25) is 0 Å². The summed E-state index contributed by atoms with van der Waals surface area (Å²) in [7, 11) is 0. The molecule has 1 aromatic rings. The fraction of sp³-hybridized carbons (Fsp3) is 0.500. The van der Waals surface area contributed by atoms with E-state index in [-0.39, 0.29) is 24.9 Å². The zero-order valence-electron chi connectivity index (χ0n) is 14.2. The van der Waals surface area contributed by atoms with Crippen LogP contribution in [0.4, 0.5) is 4.79 Å². The first-order chi connectivity index (χ1) is 11.8. The molecule has 9 heteroatoms. The van der Waals surface area contributed by atoms with Crippen molar-refractivity contribution in [3.8, 4) is 0 Å². The Morgan fingerprint density at radius 2 is 2.08 bits per heavy atom. The van der Waals surface area contributed by atoms with Crippen LogP contribution in [0.3, 0.4) is 0 Å². The molecule has 0 aliphatic carbocycles. The van der Waals surface area contributed by atoms with E-state index in [2.05, 4.69) is 26.3 Å². The average molecular weight is 349 g/mol. The maximum absolute atomic E-state index is 12.3. The highest BCUT2D eigenvalue weighted by molar-refractivity contribution is 6.02. The normalized spacial score (nSPS) is 18.3. The number of hydrogen-bond acceptors (Lipinski definition) is 4. The second-order valence-corrected chi connectivity index (χ2v) is 6.42. The predicted octanol–water partition coefficient (Wildman–Crippen LogP) is -0.126. The summed E-state index contributed by atoms with van der Waals surface area (Å²) in [6.07, 6.45) is 3.77. The monoisotopic (exact) mass is 349 g/mol. The summed E-state index contributed by atoms with van der Waals surface area (Å²) in [6, 6.07) is -0.243. The number of imide groups is 1. The molecule has 0 radical (unpaired) electrons. The van der Waals surface area contributed by atoms with Gasteiger partial charge in [0.2, 0.25) is 11.8 Å². The van der Waals surface area contributed by atoms with Crippen LogP contribution >= 0.6 is 0 Å². The zero-order chi connectivity index (χ0) is 18.4. The van der Waals surface area contributed by atoms with Crippen LogP contribution in [-0.4, -0.2) is 47.4 Å². The van der Waals surface area contributed by atoms with Gasteiger partial charge in [-0.2, -0.15) is 0 Å². The Labute approximate surface area is 145 Å². The highest BCUT2D eigenvalue weighted by Gasteiger charge is 2.30. The fourth-order valence-electron chi connectivity index (χ4n) is 2.61. The molecule has 25 heavy (non-hydrogen) atoms. The number of aromatic nitrogens is 1. The third kappa shape index (κ3) is 5.63. The third-order valence-electron chi connectivity index (χ3n) is 3.74. The first kappa shape index (κ1) is 18.5. The molecule has 1 fully saturated rings. The van der Waals surface area contributed by atoms with E-state index < -0.39 is 23.9 Å². The molecule has 1 unspecified atom stereocenters. The SMILES string of the molecule is CC(C)CC(CNC(=O)c1cc[nH]c1)NC(=O)[C@@H]1CC(=O)NC(=O)N1. The standard InChI is InChI=1S/C16H23N5O4/c1-9(2)5-11(8-18-14(23)10-3-4-17-7-10)19-15(24)12-6-13(22)21-16(25)20-12/h3-4,7,9,11-12,17H,5-6,8H2,1-2H3,(H,18,23)(H,19,24)(H2,20,21,22,25)/t11?,12-/m0/s1. The lowest BCUT2D eigenvalue weighted by Crippen LogP contribution is -2.59. The number of nitrogens with one attached hydrogen (secondary N) is 5. The minimum absolute atomic E-state index is 0.109. The Morgan fingerprint density at radius 3 is 2.68 bits per heavy atom. The molecule has 1 aromatic heterocycles. The van der Waals surface area contributed by atoms with Crippen LogP contribution in [0.1, 0.15) is 37.0 Å². The van der Waals surface area contributed by atoms with Crippen molar-refractivity contribution in [1.29, 1.82) is 0 Å². The van der Waals surface area contributed by atoms with Crippen molar-refractivity contribution in [2.24, 2.45) is 5.92 Å². The first-order valence-corrected chi connectivity index (χ1v) is 8.17. The summed E-state index contributed by atoms with van der Waals surface area (Å²) in [5, 5.41) is 10.1. The topological polar surface area (TPSA) is 132 Å². The summed E-state index contributed by atoms with van der Waals surface area (Å²) in [5.41, 5.74) is 0.505. The number of aromatic amines is 1. The van der Waals surface area contributed by atoms with Gasteiger partial charge >= 0.3 is 6.03 Å². The number of H-pyrrole nitrogens is 1. The molecule has 5 amide bonds. The number of urea groups is 1. The second-order valence-electron chi connectivity index (χ2n) is 6.42. The molecule has 1 aliphatic heterocycles. The Balaban J connectivity index is 1.92. The summed E-state index contributed by atoms with van der Waals surface area (Å²) in [5.74, 6) is -0.886. The predicted molar refractivity (Wildman–Crippen MR) is 89.6 cm³/mol. The molecule has 2 heterocycles. The highest BCUT2D eigenvalue weighted by Crippen LogP contribution is 2.07. The van der Waals surface area contributed by atoms with E-state index in [0.717, 1.165) is 0 Å². The van der Waals surface area contributed by atoms with Crippen LogP contribution in [0.25, 0.3) is 0 Å². The van der Waals surface area contributed by atoms with E-state index >= 15 is 0 Å². The molecule has 0 aromatic carbocycles. The lowest BCUT2D eigenvalue weighted by atomic mass is 10.0. The Hall–Kier alpha value is -2.84. The van der Waals surface area contributed by atoms with Crippen molar-refractivity contribution in [3.63, 3.8) is 0 Å². The van der Waals surface area contributed by atoms with Crippen LogP contribution in [0.5, 0.6) is 0 Å². The summed E-state index contributed by atoms with van der Waals surface area (Å²) in [6.45, 7) is 4.26. The van der Waals surface area contributed by atoms with Gasteiger partial charge in [0.05, 0.1) is 12.0 Å². The van der Waals surface area contributed by atoms with Crippen LogP contribution in [-0.2, 0) is 9.59 Å². The molecule has 136 valence electrons. The van der Waals surface area contributed by atoms with Gasteiger partial charge in [-0.25, -0.2) is 4.79 Å². The molecule has 0 spiro atoms. The van der Waals surface area contributed by atoms with Crippen molar-refractivity contribution < 1.29 is 19.2 Å². The quantitative estimate of drug-likeness (QED) is 0.469. The number of rotatable bonds is 7. The molecule has 0 bridgehead atoms. The van der Waals surface area contributed by atoms with Crippen LogP contribution in [0.15, 0.2) is 18.5 Å². The Morgan fingerprint density at radius 1 is 1.32 bits per heavy atom. The smallest absolute Gasteiger partial charge is 0.322 e. The maximum Gasteiger partial charge on any atom is 0.322 e. The van der Waals surface area contributed by atoms with E-state index in [0.29, 0.717) is 17.9 Å². The number of carbonyl (C=O) groups is 4. The largest absolute Gasteiger partial charge is 0.367 e. The van der Waals surface area contributed by atoms with Crippen molar-refractivity contribution in [3.05, 3.63) is 24.0 Å². The van der Waals surface area contributed by atoms with Crippen LogP contribution < -0.4 is 21.3 Å². The van der Waals surface area contributed by atoms with Gasteiger partial charge in [0.25, 0.3) is 5.91 Å². The minimum atomic E-state index is -0.906. The third-order valence-corrected chi connectivity index (χ3v) is 3.74. The average Bonchev–Trinajstić information content (AvgIpc) is 3.05. The number of hydrogen-bond donors (Lipinski definition) is 5. The van der Waals surface area contributed by atoms with Crippen molar-refractivity contribution in [2.75, 3.05) is 6.54 Å². The Kier molecular flexibility index (Phi) is 6.15. The minimum Gasteiger partial charge on any atom is -0.367 e. The van der Waals surface area contributed by atoms with Gasteiger partial charge in [0, 0.05) is 25.0 Å². The molecule has 0 saturated carbocycles. The van der Waals surface area contributed by atoms with Crippen molar-refractivity contribution in [2.45, 2.75) is 38.8 Å². The van der Waals surface area contributed by atoms with E-state index in [1.165, 1.54) is 0 Å². The van der Waals surface area contributed by atoms with Gasteiger partial charge in [-0.3, -0.25) is 19.7 Å². The van der Waals surface area contributed by atoms with Gasteiger partial charge in [-0.15, -0.1) is 0 Å². The van der Waals surface area contributed by atoms with Gasteiger partial charge in [0.15, 0.2) is 0 Å². The van der Waals surface area contributed by atoms with Gasteiger partial charge in [0.1, 0.15) is 6.04 Å². The lowest BCUT2D eigenvalue weighted by molar-refractivity contribution is -0.129. The molecule has 1 aliphatic rings. The molecular formula is C16H23N5O4. The summed E-state index contributed by atoms with van der Waals surface area (Å²) in [4.78, 5) is 49.9. The van der Waals surface area contributed by atoms with E-state index in [1.54, 1.807) is 18.5 Å². The first-order valence-electron chi connectivity index (χ1n) is 8.17. The molecule has 5 N–H and O–H groups in total. The zero-order valence-corrected chi connectivity index (χ0v) is 14.2. The highest BCUT2D eigenvalue weighted by atomic mass is 16.2. The van der Waals surface area contributed by atoms with E-state index in [4.69, 9.17) is 0 Å². The Bertz CT molecular complexity index is 625. The summed E-state index contributed by atoms with van der Waals surface area (Å²) < 4.78 is 0. The second kappa shape index (κ2) is 8.32. The molecule has 1 saturated heterocycles. The van der Waals surface area contributed by atoms with Crippen LogP contribution in [0, 0.1) is 5.92 Å². The molecule has 2 rings (SSSR count). The number of amides is 5. The van der Waals surface area contributed by atoms with E-state index in [1.807, 2.05) is 13.8 Å². The van der Waals surface area contributed by atoms with E-state index in [9.17, 15) is 19.2 Å². The van der Waals surface area contributed by atoms with Crippen molar-refractivity contribution >= 4 is 23.8 Å². The fourth-order valence-corrected chi connectivity index (χ4v) is 2.61. The van der Waals surface area contributed by atoms with Gasteiger partial charge in [-0.05, 0) is 18.4 Å². The van der Waals surface area contributed by atoms with Gasteiger partial charge in [-0.1, -0.05) is 13.8 Å². The maximum atomic E-state index is 12.3. The molecule has 2 atom stereocenters. The molecule has 9 nitrogen and oxygen atoms in total. The molecular weight excluding hydrogens is 326 g/mol.